The van der Waals surface area contributed by atoms with Crippen molar-refractivity contribution in [1.29, 1.82) is 0 Å². The molecule has 8 heteroatoms. The van der Waals surface area contributed by atoms with Gasteiger partial charge in [0.1, 0.15) is 0 Å². The molecular formula is C23H28N2O5S. The van der Waals surface area contributed by atoms with Crippen molar-refractivity contribution in [2.24, 2.45) is 0 Å². The van der Waals surface area contributed by atoms with E-state index in [1.165, 1.54) is 16.4 Å². The van der Waals surface area contributed by atoms with Crippen molar-refractivity contribution in [1.82, 2.24) is 4.31 Å². The van der Waals surface area contributed by atoms with E-state index < -0.39 is 10.0 Å². The van der Waals surface area contributed by atoms with E-state index in [2.05, 4.69) is 5.32 Å². The van der Waals surface area contributed by atoms with Crippen molar-refractivity contribution in [3.05, 3.63) is 54.1 Å². The molecule has 0 saturated carbocycles. The fourth-order valence-corrected chi connectivity index (χ4v) is 5.04. The first-order valence-electron chi connectivity index (χ1n) is 10.3. The van der Waals surface area contributed by atoms with E-state index in [0.29, 0.717) is 30.3 Å². The second-order valence-corrected chi connectivity index (χ2v) is 9.22. The molecule has 7 nitrogen and oxygen atoms in total. The number of hydrogen-bond donors (Lipinski definition) is 1. The first kappa shape index (κ1) is 22.8. The summed E-state index contributed by atoms with van der Waals surface area (Å²) in [6, 6.07) is 11.7. The summed E-state index contributed by atoms with van der Waals surface area (Å²) in [4.78, 5) is 12.5. The first-order chi connectivity index (χ1) is 14.9. The molecule has 2 aromatic rings. The lowest BCUT2D eigenvalue weighted by atomic mass is 10.2. The normalized spacial score (nSPS) is 15.4. The molecule has 0 aromatic heterocycles. The van der Waals surface area contributed by atoms with Crippen LogP contribution in [0.4, 0.5) is 5.69 Å². The Hall–Kier alpha value is -2.84. The van der Waals surface area contributed by atoms with Gasteiger partial charge < -0.3 is 14.8 Å². The van der Waals surface area contributed by atoms with Gasteiger partial charge >= 0.3 is 0 Å². The molecule has 0 radical (unpaired) electrons. The van der Waals surface area contributed by atoms with Crippen molar-refractivity contribution < 1.29 is 22.7 Å². The first-order valence-corrected chi connectivity index (χ1v) is 11.7. The Balaban J connectivity index is 1.70. The van der Waals surface area contributed by atoms with Crippen LogP contribution in [-0.2, 0) is 14.8 Å². The summed E-state index contributed by atoms with van der Waals surface area (Å²) >= 11 is 0. The van der Waals surface area contributed by atoms with Crippen molar-refractivity contribution >= 4 is 27.7 Å². The standard InChI is InChI=1S/C23H28N2O5S/c1-29-21-12-10-18(16-22(21)30-2)11-13-23(26)24-19-8-7-9-20(17-19)31(27,28)25-14-5-3-4-6-15-25/h7-13,16-17H,3-6,14-15H2,1-2H3,(H,24,26)/b13-11+. The Morgan fingerprint density at radius 3 is 2.35 bits per heavy atom. The van der Waals surface area contributed by atoms with Crippen LogP contribution in [0.2, 0.25) is 0 Å². The third-order valence-electron chi connectivity index (χ3n) is 5.14. The molecule has 1 aliphatic heterocycles. The molecular weight excluding hydrogens is 416 g/mol. The van der Waals surface area contributed by atoms with Gasteiger partial charge in [-0.25, -0.2) is 8.42 Å². The molecule has 1 saturated heterocycles. The highest BCUT2D eigenvalue weighted by Gasteiger charge is 2.25. The van der Waals surface area contributed by atoms with E-state index in [1.807, 2.05) is 0 Å². The van der Waals surface area contributed by atoms with E-state index in [0.717, 1.165) is 31.2 Å². The van der Waals surface area contributed by atoms with Crippen molar-refractivity contribution in [3.63, 3.8) is 0 Å². The number of rotatable bonds is 7. The highest BCUT2D eigenvalue weighted by molar-refractivity contribution is 7.89. The maximum atomic E-state index is 13.0. The van der Waals surface area contributed by atoms with Gasteiger partial charge in [0.05, 0.1) is 19.1 Å². The van der Waals surface area contributed by atoms with Gasteiger partial charge in [-0.3, -0.25) is 4.79 Å². The summed E-state index contributed by atoms with van der Waals surface area (Å²) in [6.07, 6.45) is 6.88. The average molecular weight is 445 g/mol. The molecule has 1 fully saturated rings. The van der Waals surface area contributed by atoms with Crippen LogP contribution in [0.3, 0.4) is 0 Å². The number of carbonyl (C=O) groups excluding carboxylic acids is 1. The predicted octanol–water partition coefficient (Wildman–Crippen LogP) is 3.92. The van der Waals surface area contributed by atoms with Crippen LogP contribution in [0.25, 0.3) is 6.08 Å². The molecule has 1 N–H and O–H groups in total. The highest BCUT2D eigenvalue weighted by Crippen LogP contribution is 2.28. The monoisotopic (exact) mass is 444 g/mol. The van der Waals surface area contributed by atoms with Gasteiger partial charge in [-0.2, -0.15) is 4.31 Å². The summed E-state index contributed by atoms with van der Waals surface area (Å²) in [5, 5.41) is 2.73. The summed E-state index contributed by atoms with van der Waals surface area (Å²) in [7, 11) is -0.471. The van der Waals surface area contributed by atoms with Gasteiger partial charge in [0.25, 0.3) is 0 Å². The van der Waals surface area contributed by atoms with Gasteiger partial charge in [0.2, 0.25) is 15.9 Å². The highest BCUT2D eigenvalue weighted by atomic mass is 32.2. The number of methoxy groups -OCH3 is 2. The van der Waals surface area contributed by atoms with E-state index in [1.54, 1.807) is 56.7 Å². The van der Waals surface area contributed by atoms with Crippen LogP contribution in [0.1, 0.15) is 31.2 Å². The molecule has 2 aromatic carbocycles. The number of anilines is 1. The molecule has 1 heterocycles. The second-order valence-electron chi connectivity index (χ2n) is 7.28. The van der Waals surface area contributed by atoms with Crippen LogP contribution >= 0.6 is 0 Å². The van der Waals surface area contributed by atoms with Gasteiger partial charge in [-0.05, 0) is 54.8 Å². The lowest BCUT2D eigenvalue weighted by Crippen LogP contribution is -2.32. The summed E-state index contributed by atoms with van der Waals surface area (Å²) < 4.78 is 38.0. The minimum Gasteiger partial charge on any atom is -0.493 e. The SMILES string of the molecule is COc1ccc(/C=C/C(=O)Nc2cccc(S(=O)(=O)N3CCCCCC3)c2)cc1OC. The average Bonchev–Trinajstić information content (AvgIpc) is 3.08. The Bertz CT molecular complexity index is 1040. The van der Waals surface area contributed by atoms with Gasteiger partial charge in [0.15, 0.2) is 11.5 Å². The fourth-order valence-electron chi connectivity index (χ4n) is 3.48. The van der Waals surface area contributed by atoms with Crippen LogP contribution < -0.4 is 14.8 Å². The summed E-state index contributed by atoms with van der Waals surface area (Å²) in [5.74, 6) is 0.808. The molecule has 166 valence electrons. The molecule has 0 bridgehead atoms. The van der Waals surface area contributed by atoms with Gasteiger partial charge in [-0.1, -0.05) is 25.0 Å². The van der Waals surface area contributed by atoms with E-state index in [-0.39, 0.29) is 10.8 Å². The van der Waals surface area contributed by atoms with Crippen molar-refractivity contribution in [3.8, 4) is 11.5 Å². The Kier molecular flexibility index (Phi) is 7.70. The van der Waals surface area contributed by atoms with E-state index >= 15 is 0 Å². The maximum absolute atomic E-state index is 13.0. The Morgan fingerprint density at radius 2 is 1.68 bits per heavy atom. The molecule has 31 heavy (non-hydrogen) atoms. The van der Waals surface area contributed by atoms with E-state index in [9.17, 15) is 13.2 Å². The minimum absolute atomic E-state index is 0.191. The smallest absolute Gasteiger partial charge is 0.248 e. The quantitative estimate of drug-likeness (QED) is 0.655. The molecule has 0 unspecified atom stereocenters. The lowest BCUT2D eigenvalue weighted by molar-refractivity contribution is -0.111. The second kappa shape index (κ2) is 10.5. The largest absolute Gasteiger partial charge is 0.493 e. The molecule has 1 aliphatic rings. The molecule has 1 amide bonds. The third-order valence-corrected chi connectivity index (χ3v) is 7.03. The number of carbonyl (C=O) groups is 1. The molecule has 3 rings (SSSR count). The molecule has 0 aliphatic carbocycles. The van der Waals surface area contributed by atoms with Gasteiger partial charge in [0, 0.05) is 24.9 Å². The number of benzene rings is 2. The van der Waals surface area contributed by atoms with Crippen LogP contribution in [0.15, 0.2) is 53.4 Å². The van der Waals surface area contributed by atoms with Crippen LogP contribution in [0, 0.1) is 0 Å². The Labute approximate surface area is 183 Å². The van der Waals surface area contributed by atoms with Crippen LogP contribution in [0.5, 0.6) is 11.5 Å². The predicted molar refractivity (Wildman–Crippen MR) is 121 cm³/mol. The molecule has 0 spiro atoms. The molecule has 0 atom stereocenters. The number of hydrogen-bond acceptors (Lipinski definition) is 5. The van der Waals surface area contributed by atoms with E-state index in [4.69, 9.17) is 9.47 Å². The van der Waals surface area contributed by atoms with Crippen molar-refractivity contribution in [2.75, 3.05) is 32.6 Å². The topological polar surface area (TPSA) is 84.9 Å². The lowest BCUT2D eigenvalue weighted by Gasteiger charge is -2.20. The number of sulfonamides is 1. The number of nitrogens with one attached hydrogen (secondary N) is 1. The zero-order valence-corrected chi connectivity index (χ0v) is 18.7. The minimum atomic E-state index is -3.58. The summed E-state index contributed by atoms with van der Waals surface area (Å²) in [6.45, 7) is 1.07. The Morgan fingerprint density at radius 1 is 0.968 bits per heavy atom. The number of amides is 1. The third kappa shape index (κ3) is 5.86. The van der Waals surface area contributed by atoms with Gasteiger partial charge in [-0.15, -0.1) is 0 Å². The zero-order valence-electron chi connectivity index (χ0n) is 17.8. The fraction of sp³-hybridized carbons (Fsp3) is 0.348. The maximum Gasteiger partial charge on any atom is 0.248 e. The summed E-state index contributed by atoms with van der Waals surface area (Å²) in [5.41, 5.74) is 1.20. The zero-order chi connectivity index (χ0) is 22.3. The van der Waals surface area contributed by atoms with Crippen LogP contribution in [-0.4, -0.2) is 45.9 Å². The van der Waals surface area contributed by atoms with Crippen molar-refractivity contribution in [2.45, 2.75) is 30.6 Å². The number of nitrogens with zero attached hydrogens (tertiary/aromatic N) is 1. The number of ether oxygens (including phenoxy) is 2.